The topological polar surface area (TPSA) is 56.3 Å². The number of nitro groups is 1. The maximum atomic E-state index is 10.1. The van der Waals surface area contributed by atoms with Gasteiger partial charge < -0.3 is 4.42 Å². The summed E-state index contributed by atoms with van der Waals surface area (Å²) in [7, 11) is 0. The van der Waals surface area contributed by atoms with Gasteiger partial charge in [-0.1, -0.05) is 5.92 Å². The fourth-order valence-electron chi connectivity index (χ4n) is 0.660. The number of terminal acetylenes is 1. The molecule has 0 saturated carbocycles. The van der Waals surface area contributed by atoms with Gasteiger partial charge in [-0.25, -0.2) is 0 Å². The van der Waals surface area contributed by atoms with Gasteiger partial charge in [0.15, 0.2) is 0 Å². The number of hydrogen-bond donors (Lipinski definition) is 0. The van der Waals surface area contributed by atoms with Crippen LogP contribution >= 0.6 is 0 Å². The average Bonchev–Trinajstić information content (AvgIpc) is 2.37. The minimum absolute atomic E-state index is 0.268. The molecule has 0 aromatic carbocycles. The van der Waals surface area contributed by atoms with Crippen LogP contribution in [0.4, 0.5) is 5.88 Å². The van der Waals surface area contributed by atoms with E-state index in [1.54, 1.807) is 0 Å². The van der Waals surface area contributed by atoms with Crippen molar-refractivity contribution in [2.75, 3.05) is 0 Å². The Labute approximate surface area is 63.0 Å². The molecule has 0 radical (unpaired) electrons. The third kappa shape index (κ3) is 1.58. The Balaban J connectivity index is 2.83. The van der Waals surface area contributed by atoms with Crippen LogP contribution in [0.2, 0.25) is 0 Å². The van der Waals surface area contributed by atoms with Crippen molar-refractivity contribution in [2.45, 2.75) is 6.42 Å². The highest BCUT2D eigenvalue weighted by atomic mass is 16.6. The highest BCUT2D eigenvalue weighted by Crippen LogP contribution is 2.15. The van der Waals surface area contributed by atoms with Gasteiger partial charge in [0, 0.05) is 0 Å². The second kappa shape index (κ2) is 2.88. The normalized spacial score (nSPS) is 9.00. The molecule has 11 heavy (non-hydrogen) atoms. The summed E-state index contributed by atoms with van der Waals surface area (Å²) >= 11 is 0. The van der Waals surface area contributed by atoms with Crippen molar-refractivity contribution in [3.63, 3.8) is 0 Å². The van der Waals surface area contributed by atoms with Crippen molar-refractivity contribution in [1.82, 2.24) is 0 Å². The van der Waals surface area contributed by atoms with Gasteiger partial charge in [0.05, 0.1) is 12.5 Å². The summed E-state index contributed by atoms with van der Waals surface area (Å²) in [5.74, 6) is 2.50. The average molecular weight is 151 g/mol. The zero-order valence-electron chi connectivity index (χ0n) is 5.61. The van der Waals surface area contributed by atoms with E-state index in [2.05, 4.69) is 5.92 Å². The minimum Gasteiger partial charge on any atom is -0.405 e. The van der Waals surface area contributed by atoms with E-state index in [1.807, 2.05) is 0 Å². The molecule has 0 spiro atoms. The van der Waals surface area contributed by atoms with Gasteiger partial charge in [0.2, 0.25) is 0 Å². The van der Waals surface area contributed by atoms with Crippen LogP contribution in [0.15, 0.2) is 16.5 Å². The van der Waals surface area contributed by atoms with Crippen LogP contribution in [0.5, 0.6) is 0 Å². The van der Waals surface area contributed by atoms with Crippen LogP contribution in [-0.4, -0.2) is 4.92 Å². The summed E-state index contributed by atoms with van der Waals surface area (Å²) in [4.78, 5) is 9.48. The Morgan fingerprint density at radius 2 is 2.45 bits per heavy atom. The first-order valence-electron chi connectivity index (χ1n) is 2.90. The largest absolute Gasteiger partial charge is 0.433 e. The SMILES string of the molecule is C#CCc1ccc([N+](=O)[O-])o1. The smallest absolute Gasteiger partial charge is 0.405 e. The van der Waals surface area contributed by atoms with Crippen LogP contribution in [0.3, 0.4) is 0 Å². The molecule has 1 aromatic heterocycles. The zero-order valence-corrected chi connectivity index (χ0v) is 5.61. The highest BCUT2D eigenvalue weighted by Gasteiger charge is 2.10. The summed E-state index contributed by atoms with van der Waals surface area (Å²) in [6, 6.07) is 2.78. The van der Waals surface area contributed by atoms with E-state index < -0.39 is 4.92 Å². The van der Waals surface area contributed by atoms with Crippen molar-refractivity contribution in [2.24, 2.45) is 0 Å². The lowest BCUT2D eigenvalue weighted by molar-refractivity contribution is -0.402. The van der Waals surface area contributed by atoms with Crippen molar-refractivity contribution < 1.29 is 9.34 Å². The van der Waals surface area contributed by atoms with Gasteiger partial charge in [-0.15, -0.1) is 6.42 Å². The lowest BCUT2D eigenvalue weighted by atomic mass is 10.3. The van der Waals surface area contributed by atoms with Crippen molar-refractivity contribution >= 4 is 5.88 Å². The van der Waals surface area contributed by atoms with Crippen LogP contribution in [0, 0.1) is 22.5 Å². The quantitative estimate of drug-likeness (QED) is 0.364. The van der Waals surface area contributed by atoms with Crippen molar-refractivity contribution in [3.8, 4) is 12.3 Å². The molecule has 1 heterocycles. The fourth-order valence-corrected chi connectivity index (χ4v) is 0.660. The van der Waals surface area contributed by atoms with Gasteiger partial charge in [-0.2, -0.15) is 0 Å². The summed E-state index contributed by atoms with van der Waals surface area (Å²) in [5, 5.41) is 10.1. The molecule has 0 saturated heterocycles. The Morgan fingerprint density at radius 3 is 2.91 bits per heavy atom. The first-order chi connectivity index (χ1) is 5.24. The van der Waals surface area contributed by atoms with E-state index in [0.717, 1.165) is 0 Å². The third-order valence-corrected chi connectivity index (χ3v) is 1.10. The van der Waals surface area contributed by atoms with Crippen LogP contribution in [0.1, 0.15) is 5.76 Å². The Bertz CT molecular complexity index is 308. The number of hydrogen-bond acceptors (Lipinski definition) is 3. The molecule has 56 valence electrons. The number of nitrogens with zero attached hydrogens (tertiary/aromatic N) is 1. The summed E-state index contributed by atoms with van der Waals surface area (Å²) in [5.41, 5.74) is 0. The lowest BCUT2D eigenvalue weighted by Gasteiger charge is -1.83. The molecular weight excluding hydrogens is 146 g/mol. The summed E-state index contributed by atoms with van der Waals surface area (Å²) in [6.45, 7) is 0. The monoisotopic (exact) mass is 151 g/mol. The molecule has 0 N–H and O–H groups in total. The van der Waals surface area contributed by atoms with Gasteiger partial charge in [-0.05, 0) is 6.07 Å². The van der Waals surface area contributed by atoms with E-state index in [-0.39, 0.29) is 12.3 Å². The van der Waals surface area contributed by atoms with E-state index in [0.29, 0.717) is 5.76 Å². The fraction of sp³-hybridized carbons (Fsp3) is 0.143. The molecule has 0 aliphatic carbocycles. The van der Waals surface area contributed by atoms with Crippen molar-refractivity contribution in [1.29, 1.82) is 0 Å². The van der Waals surface area contributed by atoms with E-state index in [9.17, 15) is 10.1 Å². The van der Waals surface area contributed by atoms with Crippen LogP contribution < -0.4 is 0 Å². The van der Waals surface area contributed by atoms with Gasteiger partial charge in [0.1, 0.15) is 10.7 Å². The lowest BCUT2D eigenvalue weighted by Crippen LogP contribution is -1.83. The molecule has 1 aromatic rings. The standard InChI is InChI=1S/C7H5NO3/c1-2-3-6-4-5-7(11-6)8(9)10/h1,4-5H,3H2. The first-order valence-corrected chi connectivity index (χ1v) is 2.90. The number of rotatable bonds is 2. The zero-order chi connectivity index (χ0) is 8.27. The molecule has 0 aliphatic rings. The predicted molar refractivity (Wildman–Crippen MR) is 37.9 cm³/mol. The molecule has 4 nitrogen and oxygen atoms in total. The molecular formula is C7H5NO3. The second-order valence-corrected chi connectivity index (χ2v) is 1.88. The van der Waals surface area contributed by atoms with Crippen molar-refractivity contribution in [3.05, 3.63) is 28.0 Å². The summed E-state index contributed by atoms with van der Waals surface area (Å²) < 4.78 is 4.74. The molecule has 0 aliphatic heterocycles. The third-order valence-electron chi connectivity index (χ3n) is 1.10. The Morgan fingerprint density at radius 1 is 1.73 bits per heavy atom. The maximum Gasteiger partial charge on any atom is 0.433 e. The molecule has 0 bridgehead atoms. The van der Waals surface area contributed by atoms with Crippen LogP contribution in [0.25, 0.3) is 0 Å². The van der Waals surface area contributed by atoms with Gasteiger partial charge in [0.25, 0.3) is 0 Å². The second-order valence-electron chi connectivity index (χ2n) is 1.88. The van der Waals surface area contributed by atoms with E-state index in [4.69, 9.17) is 10.8 Å². The predicted octanol–water partition coefficient (Wildman–Crippen LogP) is 1.36. The summed E-state index contributed by atoms with van der Waals surface area (Å²) in [6.07, 6.45) is 5.25. The number of furan rings is 1. The molecule has 0 unspecified atom stereocenters. The van der Waals surface area contributed by atoms with E-state index >= 15 is 0 Å². The van der Waals surface area contributed by atoms with Gasteiger partial charge in [-0.3, -0.25) is 10.1 Å². The van der Waals surface area contributed by atoms with Crippen LogP contribution in [-0.2, 0) is 6.42 Å². The highest BCUT2D eigenvalue weighted by molar-refractivity contribution is 5.19. The minimum atomic E-state index is -0.597. The molecule has 0 amide bonds. The first kappa shape index (κ1) is 7.35. The Kier molecular flexibility index (Phi) is 1.93. The Hall–Kier alpha value is -1.76. The van der Waals surface area contributed by atoms with E-state index in [1.165, 1.54) is 12.1 Å². The molecule has 4 heteroatoms. The maximum absolute atomic E-state index is 10.1. The molecule has 0 atom stereocenters. The molecule has 1 rings (SSSR count). The van der Waals surface area contributed by atoms with Gasteiger partial charge >= 0.3 is 5.88 Å². The molecule has 0 fully saturated rings.